The number of benzene rings is 1. The first-order valence-corrected chi connectivity index (χ1v) is 6.84. The van der Waals surface area contributed by atoms with Crippen molar-refractivity contribution in [3.63, 3.8) is 0 Å². The van der Waals surface area contributed by atoms with Crippen LogP contribution in [0, 0.1) is 0 Å². The van der Waals surface area contributed by atoms with Gasteiger partial charge in [-0.1, -0.05) is 30.3 Å². The molecule has 1 aromatic carbocycles. The van der Waals surface area contributed by atoms with Gasteiger partial charge in [0.15, 0.2) is 5.69 Å². The first kappa shape index (κ1) is 15.0. The Morgan fingerprint density at radius 2 is 1.86 bits per heavy atom. The molecule has 0 saturated heterocycles. The Morgan fingerprint density at radius 1 is 1.14 bits per heavy atom. The van der Waals surface area contributed by atoms with Crippen LogP contribution in [0.4, 0.5) is 0 Å². The Hall–Kier alpha value is -2.43. The summed E-state index contributed by atoms with van der Waals surface area (Å²) in [4.78, 5) is 14.3. The van der Waals surface area contributed by atoms with Crippen LogP contribution in [0.3, 0.4) is 0 Å². The van der Waals surface area contributed by atoms with E-state index in [4.69, 9.17) is 4.74 Å². The highest BCUT2D eigenvalue weighted by Crippen LogP contribution is 2.13. The lowest BCUT2D eigenvalue weighted by Gasteiger charge is -2.26. The fourth-order valence-electron chi connectivity index (χ4n) is 1.96. The highest BCUT2D eigenvalue weighted by Gasteiger charge is 2.20. The molecule has 0 bridgehead atoms. The van der Waals surface area contributed by atoms with Gasteiger partial charge in [-0.05, 0) is 25.5 Å². The molecule has 0 unspecified atom stereocenters. The van der Waals surface area contributed by atoms with Gasteiger partial charge in [-0.3, -0.25) is 4.79 Å². The van der Waals surface area contributed by atoms with E-state index in [1.54, 1.807) is 17.0 Å². The number of hydrogen-bond acceptors (Lipinski definition) is 4. The number of carbonyl (C=O) groups is 1. The largest absolute Gasteiger partial charge is 0.480 e. The molecule has 2 rings (SSSR count). The Bertz CT molecular complexity index is 582. The van der Waals surface area contributed by atoms with Gasteiger partial charge in [-0.2, -0.15) is 0 Å². The highest BCUT2D eigenvalue weighted by atomic mass is 16.5. The number of carbonyl (C=O) groups excluding carboxylic acids is 1. The lowest BCUT2D eigenvalue weighted by Crippen LogP contribution is -2.37. The second-order valence-electron chi connectivity index (χ2n) is 4.97. The van der Waals surface area contributed by atoms with Crippen molar-refractivity contribution in [3.05, 3.63) is 53.7 Å². The lowest BCUT2D eigenvalue weighted by molar-refractivity contribution is 0.0683. The second kappa shape index (κ2) is 6.83. The number of nitrogens with zero attached hydrogens (tertiary/aromatic N) is 3. The minimum absolute atomic E-state index is 0.0709. The molecule has 2 aromatic rings. The Morgan fingerprint density at radius 3 is 2.38 bits per heavy atom. The molecule has 0 fully saturated rings. The van der Waals surface area contributed by atoms with Crippen molar-refractivity contribution < 1.29 is 9.53 Å². The maximum atomic E-state index is 12.6. The minimum atomic E-state index is -0.135. The molecule has 5 nitrogen and oxygen atoms in total. The maximum absolute atomic E-state index is 12.6. The van der Waals surface area contributed by atoms with E-state index in [1.165, 1.54) is 7.11 Å². The van der Waals surface area contributed by atoms with Crippen molar-refractivity contribution in [2.75, 3.05) is 7.11 Å². The zero-order chi connectivity index (χ0) is 15.2. The van der Waals surface area contributed by atoms with Crippen LogP contribution in [0.25, 0.3) is 0 Å². The molecule has 5 heteroatoms. The zero-order valence-electron chi connectivity index (χ0n) is 12.5. The van der Waals surface area contributed by atoms with E-state index >= 15 is 0 Å². The van der Waals surface area contributed by atoms with Crippen LogP contribution in [0.15, 0.2) is 42.5 Å². The summed E-state index contributed by atoms with van der Waals surface area (Å²) < 4.78 is 4.95. The third kappa shape index (κ3) is 3.78. The molecule has 1 amide bonds. The topological polar surface area (TPSA) is 55.3 Å². The number of aromatic nitrogens is 2. The van der Waals surface area contributed by atoms with E-state index < -0.39 is 0 Å². The average molecular weight is 285 g/mol. The fraction of sp³-hybridized carbons (Fsp3) is 0.312. The van der Waals surface area contributed by atoms with Crippen LogP contribution in [0.5, 0.6) is 5.88 Å². The number of methoxy groups -OCH3 is 1. The van der Waals surface area contributed by atoms with Gasteiger partial charge >= 0.3 is 0 Å². The SMILES string of the molecule is COc1ccc(C(=O)N(Cc2ccccc2)C(C)C)nn1. The van der Waals surface area contributed by atoms with Gasteiger partial charge in [0.1, 0.15) is 0 Å². The van der Waals surface area contributed by atoms with Gasteiger partial charge in [0.05, 0.1) is 7.11 Å². The van der Waals surface area contributed by atoms with Crippen molar-refractivity contribution in [2.24, 2.45) is 0 Å². The summed E-state index contributed by atoms with van der Waals surface area (Å²) in [6, 6.07) is 13.2. The minimum Gasteiger partial charge on any atom is -0.480 e. The van der Waals surface area contributed by atoms with Gasteiger partial charge in [0.2, 0.25) is 5.88 Å². The van der Waals surface area contributed by atoms with Gasteiger partial charge in [-0.25, -0.2) is 0 Å². The lowest BCUT2D eigenvalue weighted by atomic mass is 10.1. The molecule has 1 heterocycles. The first-order chi connectivity index (χ1) is 10.1. The first-order valence-electron chi connectivity index (χ1n) is 6.84. The monoisotopic (exact) mass is 285 g/mol. The molecule has 110 valence electrons. The molecule has 0 radical (unpaired) electrons. The summed E-state index contributed by atoms with van der Waals surface area (Å²) in [5.41, 5.74) is 1.40. The van der Waals surface area contributed by atoms with Gasteiger partial charge < -0.3 is 9.64 Å². The van der Waals surface area contributed by atoms with Crippen molar-refractivity contribution in [2.45, 2.75) is 26.4 Å². The van der Waals surface area contributed by atoms with Crippen molar-refractivity contribution in [3.8, 4) is 5.88 Å². The molecule has 21 heavy (non-hydrogen) atoms. The molecular formula is C16H19N3O2. The summed E-state index contributed by atoms with van der Waals surface area (Å²) in [5, 5.41) is 7.78. The van der Waals surface area contributed by atoms with Gasteiger partial charge in [-0.15, -0.1) is 10.2 Å². The van der Waals surface area contributed by atoms with Crippen LogP contribution in [-0.2, 0) is 6.54 Å². The van der Waals surface area contributed by atoms with E-state index in [9.17, 15) is 4.79 Å². The molecule has 0 spiro atoms. The standard InChI is InChI=1S/C16H19N3O2/c1-12(2)19(11-13-7-5-4-6-8-13)16(20)14-9-10-15(21-3)18-17-14/h4-10,12H,11H2,1-3H3. The highest BCUT2D eigenvalue weighted by molar-refractivity contribution is 5.92. The van der Waals surface area contributed by atoms with Crippen LogP contribution in [0.1, 0.15) is 29.9 Å². The van der Waals surface area contributed by atoms with Crippen LogP contribution in [0.2, 0.25) is 0 Å². The van der Waals surface area contributed by atoms with Crippen molar-refractivity contribution in [1.29, 1.82) is 0 Å². The average Bonchev–Trinajstić information content (AvgIpc) is 2.53. The maximum Gasteiger partial charge on any atom is 0.274 e. The molecule has 0 aliphatic heterocycles. The van der Waals surface area contributed by atoms with Crippen LogP contribution in [-0.4, -0.2) is 34.2 Å². The van der Waals surface area contributed by atoms with E-state index in [2.05, 4.69) is 10.2 Å². The Balaban J connectivity index is 2.18. The quantitative estimate of drug-likeness (QED) is 0.847. The van der Waals surface area contributed by atoms with Gasteiger partial charge in [0.25, 0.3) is 5.91 Å². The molecular weight excluding hydrogens is 266 g/mol. The fourth-order valence-corrected chi connectivity index (χ4v) is 1.96. The van der Waals surface area contributed by atoms with E-state index in [0.717, 1.165) is 5.56 Å². The molecule has 0 N–H and O–H groups in total. The number of rotatable bonds is 5. The van der Waals surface area contributed by atoms with Crippen molar-refractivity contribution >= 4 is 5.91 Å². The molecule has 1 aromatic heterocycles. The van der Waals surface area contributed by atoms with Crippen LogP contribution < -0.4 is 4.74 Å². The predicted octanol–water partition coefficient (Wildman–Crippen LogP) is 2.54. The Labute approximate surface area is 124 Å². The molecule has 0 aliphatic rings. The smallest absolute Gasteiger partial charge is 0.274 e. The summed E-state index contributed by atoms with van der Waals surface area (Å²) in [6.07, 6.45) is 0. The molecule has 0 saturated carbocycles. The summed E-state index contributed by atoms with van der Waals surface area (Å²) in [7, 11) is 1.52. The zero-order valence-corrected chi connectivity index (χ0v) is 12.5. The van der Waals surface area contributed by atoms with E-state index in [1.807, 2.05) is 44.2 Å². The number of amides is 1. The summed E-state index contributed by atoms with van der Waals surface area (Å²) in [6.45, 7) is 4.51. The van der Waals surface area contributed by atoms with E-state index in [0.29, 0.717) is 18.1 Å². The third-order valence-electron chi connectivity index (χ3n) is 3.15. The Kier molecular flexibility index (Phi) is 4.87. The number of hydrogen-bond donors (Lipinski definition) is 0. The normalized spacial score (nSPS) is 10.5. The van der Waals surface area contributed by atoms with Crippen LogP contribution >= 0.6 is 0 Å². The third-order valence-corrected chi connectivity index (χ3v) is 3.15. The van der Waals surface area contributed by atoms with E-state index in [-0.39, 0.29) is 11.9 Å². The van der Waals surface area contributed by atoms with Gasteiger partial charge in [0, 0.05) is 18.7 Å². The molecule has 0 atom stereocenters. The molecule has 0 aliphatic carbocycles. The second-order valence-corrected chi connectivity index (χ2v) is 4.97. The number of ether oxygens (including phenoxy) is 1. The summed E-state index contributed by atoms with van der Waals surface area (Å²) in [5.74, 6) is 0.259. The summed E-state index contributed by atoms with van der Waals surface area (Å²) >= 11 is 0. The van der Waals surface area contributed by atoms with Crippen molar-refractivity contribution in [1.82, 2.24) is 15.1 Å². The predicted molar refractivity (Wildman–Crippen MR) is 80.0 cm³/mol.